The zero-order valence-corrected chi connectivity index (χ0v) is 12.7. The molecule has 3 N–H and O–H groups in total. The standard InChI is InChI=1S/C12H14N2.C7H7F/c1-3-11(13)12(4-2)14-10-8-6-5-7-9-10;1-6-2-4-7(8)5-3-6/h3-9,14H,1-2,13H2;2-5H,1H3/b12-11-;. The fraction of sp³-hybridized carbons (Fsp3) is 0.0526. The van der Waals surface area contributed by atoms with Gasteiger partial charge in [-0.2, -0.15) is 0 Å². The largest absolute Gasteiger partial charge is 0.397 e. The molecule has 2 nitrogen and oxygen atoms in total. The molecule has 0 unspecified atom stereocenters. The van der Waals surface area contributed by atoms with E-state index in [0.717, 1.165) is 16.9 Å². The number of allylic oxidation sites excluding steroid dienone is 2. The summed E-state index contributed by atoms with van der Waals surface area (Å²) in [6, 6.07) is 16.2. The number of hydrogen-bond acceptors (Lipinski definition) is 2. The Kier molecular flexibility index (Phi) is 7.20. The second-order valence-electron chi connectivity index (χ2n) is 4.56. The molecule has 0 aliphatic carbocycles. The second kappa shape index (κ2) is 9.19. The van der Waals surface area contributed by atoms with E-state index >= 15 is 0 Å². The Hall–Kier alpha value is -2.81. The van der Waals surface area contributed by atoms with Crippen molar-refractivity contribution >= 4 is 5.69 Å². The number of aryl methyl sites for hydroxylation is 1. The average Bonchev–Trinajstić information content (AvgIpc) is 2.56. The summed E-state index contributed by atoms with van der Waals surface area (Å²) in [5.41, 5.74) is 9.13. The van der Waals surface area contributed by atoms with Crippen molar-refractivity contribution in [3.63, 3.8) is 0 Å². The molecule has 0 atom stereocenters. The van der Waals surface area contributed by atoms with Crippen LogP contribution in [0.5, 0.6) is 0 Å². The van der Waals surface area contributed by atoms with E-state index in [-0.39, 0.29) is 5.82 Å². The van der Waals surface area contributed by atoms with Gasteiger partial charge in [0.25, 0.3) is 0 Å². The highest BCUT2D eigenvalue weighted by Crippen LogP contribution is 2.11. The molecule has 0 heterocycles. The van der Waals surface area contributed by atoms with Crippen LogP contribution in [0.1, 0.15) is 5.56 Å². The molecule has 0 saturated heterocycles. The number of benzene rings is 2. The van der Waals surface area contributed by atoms with Crippen LogP contribution in [0.3, 0.4) is 0 Å². The third-order valence-electron chi connectivity index (χ3n) is 2.80. The van der Waals surface area contributed by atoms with Crippen LogP contribution in [0.2, 0.25) is 0 Å². The minimum absolute atomic E-state index is 0.171. The minimum Gasteiger partial charge on any atom is -0.397 e. The lowest BCUT2D eigenvalue weighted by Crippen LogP contribution is -2.05. The molecular weight excluding hydrogens is 275 g/mol. The highest BCUT2D eigenvalue weighted by molar-refractivity contribution is 5.52. The molecule has 2 aromatic rings. The summed E-state index contributed by atoms with van der Waals surface area (Å²) in [5.74, 6) is -0.171. The van der Waals surface area contributed by atoms with Gasteiger partial charge in [0.1, 0.15) is 5.82 Å². The average molecular weight is 296 g/mol. The van der Waals surface area contributed by atoms with Crippen molar-refractivity contribution in [3.8, 4) is 0 Å². The molecule has 22 heavy (non-hydrogen) atoms. The zero-order valence-electron chi connectivity index (χ0n) is 12.7. The topological polar surface area (TPSA) is 38.0 Å². The monoisotopic (exact) mass is 296 g/mol. The second-order valence-corrected chi connectivity index (χ2v) is 4.56. The van der Waals surface area contributed by atoms with Gasteiger partial charge >= 0.3 is 0 Å². The number of rotatable bonds is 4. The molecule has 0 amide bonds. The molecule has 0 aromatic heterocycles. The van der Waals surface area contributed by atoms with E-state index in [1.807, 2.05) is 37.3 Å². The summed E-state index contributed by atoms with van der Waals surface area (Å²) in [6.45, 7) is 9.21. The van der Waals surface area contributed by atoms with E-state index in [2.05, 4.69) is 18.5 Å². The van der Waals surface area contributed by atoms with Crippen LogP contribution < -0.4 is 11.1 Å². The van der Waals surface area contributed by atoms with Gasteiger partial charge in [-0.25, -0.2) is 4.39 Å². The van der Waals surface area contributed by atoms with Crippen molar-refractivity contribution in [2.24, 2.45) is 5.73 Å². The lowest BCUT2D eigenvalue weighted by Gasteiger charge is -2.08. The molecule has 0 spiro atoms. The first-order valence-corrected chi connectivity index (χ1v) is 6.85. The molecule has 114 valence electrons. The first-order chi connectivity index (χ1) is 10.6. The molecule has 2 aromatic carbocycles. The van der Waals surface area contributed by atoms with Gasteiger partial charge in [-0.15, -0.1) is 0 Å². The molecule has 0 aliphatic rings. The molecule has 0 bridgehead atoms. The van der Waals surface area contributed by atoms with Gasteiger partial charge in [-0.3, -0.25) is 0 Å². The fourth-order valence-electron chi connectivity index (χ4n) is 1.56. The summed E-state index contributed by atoms with van der Waals surface area (Å²) >= 11 is 0. The van der Waals surface area contributed by atoms with Crippen molar-refractivity contribution in [3.05, 3.63) is 103 Å². The van der Waals surface area contributed by atoms with Gasteiger partial charge in [-0.1, -0.05) is 49.1 Å². The Morgan fingerprint density at radius 3 is 2.05 bits per heavy atom. The van der Waals surface area contributed by atoms with Crippen molar-refractivity contribution < 1.29 is 4.39 Å². The number of anilines is 1. The van der Waals surface area contributed by atoms with Gasteiger partial charge in [0, 0.05) is 5.69 Å². The molecule has 2 rings (SSSR count). The fourth-order valence-corrected chi connectivity index (χ4v) is 1.56. The van der Waals surface area contributed by atoms with E-state index in [9.17, 15) is 4.39 Å². The zero-order chi connectivity index (χ0) is 16.4. The summed E-state index contributed by atoms with van der Waals surface area (Å²) < 4.78 is 12.1. The van der Waals surface area contributed by atoms with Crippen molar-refractivity contribution in [2.45, 2.75) is 6.92 Å². The highest BCUT2D eigenvalue weighted by atomic mass is 19.1. The lowest BCUT2D eigenvalue weighted by atomic mass is 10.2. The Morgan fingerprint density at radius 2 is 1.59 bits per heavy atom. The predicted molar refractivity (Wildman–Crippen MR) is 92.8 cm³/mol. The normalized spacial score (nSPS) is 10.6. The van der Waals surface area contributed by atoms with E-state index in [0.29, 0.717) is 5.70 Å². The van der Waals surface area contributed by atoms with Gasteiger partial charge in [0.05, 0.1) is 11.4 Å². The van der Waals surface area contributed by atoms with Crippen molar-refractivity contribution in [1.82, 2.24) is 0 Å². The number of nitrogens with two attached hydrogens (primary N) is 1. The highest BCUT2D eigenvalue weighted by Gasteiger charge is 1.96. The van der Waals surface area contributed by atoms with Crippen LogP contribution in [-0.2, 0) is 0 Å². The van der Waals surface area contributed by atoms with Crippen molar-refractivity contribution in [2.75, 3.05) is 5.32 Å². The van der Waals surface area contributed by atoms with Gasteiger partial charge in [0.2, 0.25) is 0 Å². The van der Waals surface area contributed by atoms with E-state index in [4.69, 9.17) is 5.73 Å². The molecule has 0 radical (unpaired) electrons. The van der Waals surface area contributed by atoms with Gasteiger partial charge < -0.3 is 11.1 Å². The van der Waals surface area contributed by atoms with Crippen LogP contribution in [0, 0.1) is 12.7 Å². The Bertz CT molecular complexity index is 607. The number of hydrogen-bond donors (Lipinski definition) is 2. The third-order valence-corrected chi connectivity index (χ3v) is 2.80. The van der Waals surface area contributed by atoms with Gasteiger partial charge in [0.15, 0.2) is 0 Å². The maximum atomic E-state index is 12.1. The maximum absolute atomic E-state index is 12.1. The van der Waals surface area contributed by atoms with E-state index < -0.39 is 0 Å². The predicted octanol–water partition coefficient (Wildman–Crippen LogP) is 4.77. The van der Waals surface area contributed by atoms with Gasteiger partial charge in [-0.05, 0) is 43.3 Å². The molecule has 0 aliphatic heterocycles. The van der Waals surface area contributed by atoms with Crippen LogP contribution in [-0.4, -0.2) is 0 Å². The summed E-state index contributed by atoms with van der Waals surface area (Å²) in [4.78, 5) is 0. The SMILES string of the molecule is C=C/C(N)=C(\C=C)Nc1ccccc1.Cc1ccc(F)cc1. The Labute approximate surface area is 131 Å². The van der Waals surface area contributed by atoms with Crippen LogP contribution in [0.15, 0.2) is 91.3 Å². The lowest BCUT2D eigenvalue weighted by molar-refractivity contribution is 0.627. The number of para-hydroxylation sites is 1. The molecular formula is C19H21FN2. The molecule has 3 heteroatoms. The smallest absolute Gasteiger partial charge is 0.123 e. The van der Waals surface area contributed by atoms with Crippen molar-refractivity contribution in [1.29, 1.82) is 0 Å². The molecule has 0 saturated carbocycles. The Balaban J connectivity index is 0.000000255. The molecule has 0 fully saturated rings. The first-order valence-electron chi connectivity index (χ1n) is 6.85. The van der Waals surface area contributed by atoms with Crippen LogP contribution >= 0.6 is 0 Å². The number of nitrogens with one attached hydrogen (secondary N) is 1. The van der Waals surface area contributed by atoms with E-state index in [1.54, 1.807) is 24.3 Å². The summed E-state index contributed by atoms with van der Waals surface area (Å²) in [5, 5.41) is 3.14. The van der Waals surface area contributed by atoms with Crippen LogP contribution in [0.4, 0.5) is 10.1 Å². The first kappa shape index (κ1) is 17.2. The third kappa shape index (κ3) is 6.09. The maximum Gasteiger partial charge on any atom is 0.123 e. The minimum atomic E-state index is -0.171. The van der Waals surface area contributed by atoms with Crippen LogP contribution in [0.25, 0.3) is 0 Å². The summed E-state index contributed by atoms with van der Waals surface area (Å²) in [7, 11) is 0. The summed E-state index contributed by atoms with van der Waals surface area (Å²) in [6.07, 6.45) is 3.26. The van der Waals surface area contributed by atoms with E-state index in [1.165, 1.54) is 12.1 Å². The quantitative estimate of drug-likeness (QED) is 0.797. The number of halogens is 1. The Morgan fingerprint density at radius 1 is 1.00 bits per heavy atom.